The highest BCUT2D eigenvalue weighted by atomic mass is 16.5. The van der Waals surface area contributed by atoms with Gasteiger partial charge in [-0.1, -0.05) is 112 Å². The number of fused-ring (bicyclic) bond motifs is 8. The topological polar surface area (TPSA) is 66.1 Å². The Kier molecular flexibility index (Phi) is 7.07. The van der Waals surface area contributed by atoms with Crippen molar-refractivity contribution in [2.45, 2.75) is 26.2 Å². The van der Waals surface area contributed by atoms with Gasteiger partial charge in [-0.05, 0) is 92.9 Å². The van der Waals surface area contributed by atoms with Crippen LogP contribution in [0.3, 0.4) is 0 Å². The zero-order valence-corrected chi connectivity index (χ0v) is 29.9. The number of para-hydroxylation sites is 2. The zero-order valence-electron chi connectivity index (χ0n) is 29.9. The fourth-order valence-corrected chi connectivity index (χ4v) is 7.65. The standard InChI is InChI=1S/C47H34N4O3/c1-47(2,3)30-24-25-48-44(26-30)51-42-28-33(22-23-43(42)54-46(51)52)53-32-13-10-12-31(27-32)49-29-50-40-20-9-8-18-38(40)36-16-6-4-14-34(36)35-15-5-7-17-37(35)39-19-11-21-41(49)45(39)50/h4-28H,1-3H3. The minimum absolute atomic E-state index is 0.113. The number of ether oxygens (including phenoxy) is 1. The fourth-order valence-electron chi connectivity index (χ4n) is 7.65. The van der Waals surface area contributed by atoms with E-state index in [1.807, 2.05) is 42.5 Å². The third-order valence-electron chi connectivity index (χ3n) is 10.3. The number of aromatic nitrogens is 4. The maximum atomic E-state index is 13.1. The molecule has 0 unspecified atom stereocenters. The van der Waals surface area contributed by atoms with E-state index in [9.17, 15) is 4.79 Å². The molecule has 0 atom stereocenters. The van der Waals surface area contributed by atoms with Crippen molar-refractivity contribution >= 4 is 22.1 Å². The maximum absolute atomic E-state index is 13.1. The lowest BCUT2D eigenvalue weighted by Crippen LogP contribution is -2.30. The van der Waals surface area contributed by atoms with Crippen LogP contribution in [0.15, 0.2) is 161 Å². The Morgan fingerprint density at radius 3 is 2.06 bits per heavy atom. The summed E-state index contributed by atoms with van der Waals surface area (Å²) in [5, 5.41) is 0. The van der Waals surface area contributed by atoms with Crippen LogP contribution in [0.1, 0.15) is 26.3 Å². The van der Waals surface area contributed by atoms with Gasteiger partial charge < -0.3 is 9.15 Å². The number of hydrogen-bond acceptors (Lipinski definition) is 4. The molecule has 54 heavy (non-hydrogen) atoms. The molecule has 4 heterocycles. The van der Waals surface area contributed by atoms with Gasteiger partial charge in [-0.3, -0.25) is 9.13 Å². The summed E-state index contributed by atoms with van der Waals surface area (Å²) in [6.45, 7) is 6.39. The summed E-state index contributed by atoms with van der Waals surface area (Å²) in [7, 11) is 0. The van der Waals surface area contributed by atoms with Crippen molar-refractivity contribution in [3.05, 3.63) is 174 Å². The summed E-state index contributed by atoms with van der Waals surface area (Å²) in [5.41, 5.74) is 13.0. The first-order valence-corrected chi connectivity index (χ1v) is 18.0. The summed E-state index contributed by atoms with van der Waals surface area (Å²) in [6, 6.07) is 49.5. The average Bonchev–Trinajstić information content (AvgIpc) is 3.75. The van der Waals surface area contributed by atoms with Crippen LogP contribution in [0, 0.1) is 6.33 Å². The Balaban J connectivity index is 1.10. The van der Waals surface area contributed by atoms with Crippen molar-refractivity contribution in [2.75, 3.05) is 0 Å². The summed E-state index contributed by atoms with van der Waals surface area (Å²) in [6.07, 6.45) is 5.47. The molecule has 1 aliphatic heterocycles. The molecule has 1 aliphatic rings. The predicted octanol–water partition coefficient (Wildman–Crippen LogP) is 10.4. The molecule has 0 radical (unpaired) electrons. The van der Waals surface area contributed by atoms with E-state index < -0.39 is 5.76 Å². The number of nitrogens with zero attached hydrogens (tertiary/aromatic N) is 4. The van der Waals surface area contributed by atoms with E-state index in [0.717, 1.165) is 44.7 Å². The molecule has 0 saturated heterocycles. The first-order chi connectivity index (χ1) is 26.3. The van der Waals surface area contributed by atoms with Crippen LogP contribution in [0.5, 0.6) is 11.5 Å². The Morgan fingerprint density at radius 2 is 1.30 bits per heavy atom. The predicted molar refractivity (Wildman–Crippen MR) is 212 cm³/mol. The molecule has 0 fully saturated rings. The van der Waals surface area contributed by atoms with Gasteiger partial charge >= 0.3 is 5.76 Å². The van der Waals surface area contributed by atoms with Crippen LogP contribution in [-0.2, 0) is 5.41 Å². The van der Waals surface area contributed by atoms with Crippen LogP contribution in [0.4, 0.5) is 0 Å². The number of benzene rings is 6. The number of oxazole rings is 1. The van der Waals surface area contributed by atoms with E-state index in [1.54, 1.807) is 12.3 Å². The van der Waals surface area contributed by atoms with Crippen molar-refractivity contribution in [2.24, 2.45) is 0 Å². The molecule has 0 bridgehead atoms. The van der Waals surface area contributed by atoms with E-state index in [-0.39, 0.29) is 5.41 Å². The number of pyridine rings is 1. The second-order valence-corrected chi connectivity index (χ2v) is 14.6. The molecule has 9 aromatic rings. The number of rotatable bonds is 4. The molecule has 7 nitrogen and oxygen atoms in total. The Hall–Kier alpha value is -6.99. The largest absolute Gasteiger partial charge is 0.458 e. The molecule has 6 aromatic carbocycles. The van der Waals surface area contributed by atoms with Crippen LogP contribution in [0.2, 0.25) is 0 Å². The fraction of sp³-hybridized carbons (Fsp3) is 0.0851. The van der Waals surface area contributed by atoms with E-state index in [1.165, 1.54) is 21.3 Å². The Morgan fingerprint density at radius 1 is 0.648 bits per heavy atom. The van der Waals surface area contributed by atoms with E-state index in [4.69, 9.17) is 9.15 Å². The van der Waals surface area contributed by atoms with E-state index in [0.29, 0.717) is 28.4 Å². The average molecular weight is 703 g/mol. The lowest BCUT2D eigenvalue weighted by molar-refractivity contribution is -0.571. The number of hydrogen-bond donors (Lipinski definition) is 0. The van der Waals surface area contributed by atoms with Gasteiger partial charge in [0.25, 0.3) is 6.33 Å². The van der Waals surface area contributed by atoms with Gasteiger partial charge in [0.2, 0.25) is 0 Å². The van der Waals surface area contributed by atoms with Gasteiger partial charge in [0, 0.05) is 12.3 Å². The summed E-state index contributed by atoms with van der Waals surface area (Å²) < 4.78 is 17.9. The molecule has 0 spiro atoms. The van der Waals surface area contributed by atoms with Crippen LogP contribution in [0.25, 0.3) is 72.7 Å². The molecular weight excluding hydrogens is 669 g/mol. The molecule has 10 rings (SSSR count). The van der Waals surface area contributed by atoms with Crippen molar-refractivity contribution < 1.29 is 13.7 Å². The van der Waals surface area contributed by atoms with Crippen molar-refractivity contribution in [3.8, 4) is 62.1 Å². The summed E-state index contributed by atoms with van der Waals surface area (Å²) in [4.78, 5) is 17.6. The Labute approximate surface area is 311 Å². The second kappa shape index (κ2) is 12.0. The lowest BCUT2D eigenvalue weighted by Gasteiger charge is -2.19. The van der Waals surface area contributed by atoms with E-state index in [2.05, 4.69) is 138 Å². The SMILES string of the molecule is CC(C)(C)c1ccnc(-n2c(=O)oc3ccc(Oc4cccc(-n5[c-][n+]6c7c(cccc75)-c5ccccc5-c5ccccc5-c5ccccc5-6)c4)cc32)c1. The van der Waals surface area contributed by atoms with E-state index >= 15 is 0 Å². The molecule has 0 amide bonds. The maximum Gasteiger partial charge on any atom is 0.425 e. The first-order valence-electron chi connectivity index (χ1n) is 18.0. The zero-order chi connectivity index (χ0) is 36.6. The first kappa shape index (κ1) is 31.7. The normalized spacial score (nSPS) is 12.1. The highest BCUT2D eigenvalue weighted by Gasteiger charge is 2.24. The minimum Gasteiger partial charge on any atom is -0.458 e. The van der Waals surface area contributed by atoms with Crippen LogP contribution in [-0.4, -0.2) is 14.1 Å². The third kappa shape index (κ3) is 5.08. The molecule has 260 valence electrons. The van der Waals surface area contributed by atoms with Crippen molar-refractivity contribution in [1.29, 1.82) is 0 Å². The summed E-state index contributed by atoms with van der Waals surface area (Å²) in [5.74, 6) is 1.19. The molecule has 3 aromatic heterocycles. The van der Waals surface area contributed by atoms with Gasteiger partial charge in [-0.25, -0.2) is 14.3 Å². The molecular formula is C47H34N4O3. The van der Waals surface area contributed by atoms with Crippen molar-refractivity contribution in [1.82, 2.24) is 14.1 Å². The molecule has 7 heteroatoms. The van der Waals surface area contributed by atoms with Crippen LogP contribution < -0.4 is 15.1 Å². The molecule has 0 saturated carbocycles. The monoisotopic (exact) mass is 702 g/mol. The van der Waals surface area contributed by atoms with Gasteiger partial charge in [0.15, 0.2) is 5.58 Å². The quantitative estimate of drug-likeness (QED) is 0.135. The highest BCUT2D eigenvalue weighted by Crippen LogP contribution is 2.43. The molecule has 0 N–H and O–H groups in total. The highest BCUT2D eigenvalue weighted by molar-refractivity contribution is 6.00. The number of imidazole rings is 1. The van der Waals surface area contributed by atoms with Gasteiger partial charge in [-0.2, -0.15) is 0 Å². The smallest absolute Gasteiger partial charge is 0.425 e. The Bertz CT molecular complexity index is 3000. The van der Waals surface area contributed by atoms with Crippen molar-refractivity contribution in [3.63, 3.8) is 0 Å². The third-order valence-corrected chi connectivity index (χ3v) is 10.3. The second-order valence-electron chi connectivity index (χ2n) is 14.6. The van der Waals surface area contributed by atoms with Gasteiger partial charge in [0.1, 0.15) is 22.8 Å². The lowest BCUT2D eigenvalue weighted by atomic mass is 9.88. The minimum atomic E-state index is -0.502. The molecule has 0 aliphatic carbocycles. The van der Waals surface area contributed by atoms with Gasteiger partial charge in [0.05, 0.1) is 22.4 Å². The van der Waals surface area contributed by atoms with Crippen LogP contribution >= 0.6 is 0 Å². The summed E-state index contributed by atoms with van der Waals surface area (Å²) >= 11 is 0. The van der Waals surface area contributed by atoms with Gasteiger partial charge in [-0.15, -0.1) is 0 Å².